The molecule has 7 heteroatoms. The minimum Gasteiger partial charge on any atom is -0.455 e. The molecule has 0 unspecified atom stereocenters. The summed E-state index contributed by atoms with van der Waals surface area (Å²) >= 11 is 3.35. The average Bonchev–Trinajstić information content (AvgIpc) is 3.09. The van der Waals surface area contributed by atoms with E-state index in [0.717, 1.165) is 15.7 Å². The zero-order chi connectivity index (χ0) is 20.1. The van der Waals surface area contributed by atoms with Gasteiger partial charge in [-0.25, -0.2) is 0 Å². The molecule has 0 aliphatic carbocycles. The molecule has 1 heterocycles. The van der Waals surface area contributed by atoms with Gasteiger partial charge in [-0.3, -0.25) is 14.4 Å². The van der Waals surface area contributed by atoms with Crippen LogP contribution in [-0.4, -0.2) is 30.9 Å². The summed E-state index contributed by atoms with van der Waals surface area (Å²) in [4.78, 5) is 38.2. The number of nitrogens with zero attached hydrogens (tertiary/aromatic N) is 1. The van der Waals surface area contributed by atoms with Gasteiger partial charge in [-0.1, -0.05) is 46.3 Å². The van der Waals surface area contributed by atoms with Crippen LogP contribution < -0.4 is 10.2 Å². The molecule has 0 radical (unpaired) electrons. The number of carbonyl (C=O) groups excluding carboxylic acids is 3. The van der Waals surface area contributed by atoms with E-state index in [1.54, 1.807) is 4.90 Å². The van der Waals surface area contributed by atoms with Gasteiger partial charge in [0.05, 0.1) is 12.0 Å². The predicted molar refractivity (Wildman–Crippen MR) is 109 cm³/mol. The maximum absolute atomic E-state index is 12.3. The van der Waals surface area contributed by atoms with E-state index in [0.29, 0.717) is 0 Å². The van der Waals surface area contributed by atoms with Crippen molar-refractivity contribution in [3.8, 4) is 0 Å². The first-order valence-electron chi connectivity index (χ1n) is 9.01. The van der Waals surface area contributed by atoms with E-state index in [2.05, 4.69) is 21.2 Å². The van der Waals surface area contributed by atoms with Gasteiger partial charge in [0.1, 0.15) is 0 Å². The van der Waals surface area contributed by atoms with Crippen LogP contribution in [0.25, 0.3) is 0 Å². The first-order valence-corrected chi connectivity index (χ1v) is 9.80. The van der Waals surface area contributed by atoms with Crippen molar-refractivity contribution in [2.75, 3.05) is 18.1 Å². The van der Waals surface area contributed by atoms with Gasteiger partial charge in [-0.2, -0.15) is 0 Å². The lowest BCUT2D eigenvalue weighted by molar-refractivity contribution is -0.152. The summed E-state index contributed by atoms with van der Waals surface area (Å²) in [5.41, 5.74) is 1.70. The number of rotatable bonds is 6. The highest BCUT2D eigenvalue weighted by molar-refractivity contribution is 9.10. The van der Waals surface area contributed by atoms with E-state index in [-0.39, 0.29) is 37.4 Å². The maximum atomic E-state index is 12.3. The summed E-state index contributed by atoms with van der Waals surface area (Å²) in [5.74, 6) is -1.61. The van der Waals surface area contributed by atoms with E-state index in [4.69, 9.17) is 4.74 Å². The highest BCUT2D eigenvalue weighted by atomic mass is 79.9. The summed E-state index contributed by atoms with van der Waals surface area (Å²) in [6, 6.07) is 16.6. The van der Waals surface area contributed by atoms with Crippen LogP contribution >= 0.6 is 15.9 Å². The molecule has 0 spiro atoms. The molecule has 2 aromatic rings. The molecule has 1 saturated heterocycles. The highest BCUT2D eigenvalue weighted by Gasteiger charge is 2.36. The summed E-state index contributed by atoms with van der Waals surface area (Å²) < 4.78 is 6.05. The maximum Gasteiger partial charge on any atom is 0.311 e. The third-order valence-electron chi connectivity index (χ3n) is 4.62. The zero-order valence-electron chi connectivity index (χ0n) is 15.4. The van der Waals surface area contributed by atoms with Crippen LogP contribution in [-0.2, 0) is 19.1 Å². The molecule has 1 aliphatic rings. The Morgan fingerprint density at radius 3 is 2.54 bits per heavy atom. The van der Waals surface area contributed by atoms with Crippen molar-refractivity contribution in [2.24, 2.45) is 5.92 Å². The summed E-state index contributed by atoms with van der Waals surface area (Å²) in [6.07, 6.45) is 0.0803. The van der Waals surface area contributed by atoms with Crippen molar-refractivity contribution in [3.63, 3.8) is 0 Å². The second kappa shape index (κ2) is 9.01. The van der Waals surface area contributed by atoms with Crippen LogP contribution in [0, 0.1) is 5.92 Å². The van der Waals surface area contributed by atoms with Gasteiger partial charge in [0.15, 0.2) is 6.61 Å². The smallest absolute Gasteiger partial charge is 0.311 e. The van der Waals surface area contributed by atoms with E-state index < -0.39 is 11.9 Å². The van der Waals surface area contributed by atoms with Crippen molar-refractivity contribution in [2.45, 2.75) is 19.4 Å². The van der Waals surface area contributed by atoms with Gasteiger partial charge in [-0.15, -0.1) is 0 Å². The second-order valence-corrected chi connectivity index (χ2v) is 7.61. The second-order valence-electron chi connectivity index (χ2n) is 6.69. The van der Waals surface area contributed by atoms with Crippen LogP contribution in [0.2, 0.25) is 0 Å². The lowest BCUT2D eigenvalue weighted by Crippen LogP contribution is -2.32. The summed E-state index contributed by atoms with van der Waals surface area (Å²) in [7, 11) is 0. The molecule has 2 atom stereocenters. The Kier molecular flexibility index (Phi) is 6.46. The number of amides is 2. The molecule has 1 N–H and O–H groups in total. The molecule has 2 aromatic carbocycles. The Morgan fingerprint density at radius 2 is 1.86 bits per heavy atom. The quantitative estimate of drug-likeness (QED) is 0.693. The Morgan fingerprint density at radius 1 is 1.18 bits per heavy atom. The molecular formula is C21H21BrN2O4. The Balaban J connectivity index is 1.49. The number of halogens is 1. The molecule has 146 valence electrons. The highest BCUT2D eigenvalue weighted by Crippen LogP contribution is 2.27. The molecule has 28 heavy (non-hydrogen) atoms. The number of ether oxygens (including phenoxy) is 1. The molecule has 1 aliphatic heterocycles. The third-order valence-corrected chi connectivity index (χ3v) is 5.15. The standard InChI is InChI=1S/C21H21BrN2O4/c1-14(15-5-3-2-4-6-15)23-19(25)13-28-21(27)16-11-20(26)24(12-16)18-9-7-17(22)8-10-18/h2-10,14,16H,11-13H2,1H3,(H,23,25)/t14-,16-/m1/s1. The van der Waals surface area contributed by atoms with E-state index in [1.807, 2.05) is 61.5 Å². The monoisotopic (exact) mass is 444 g/mol. The molecule has 0 aromatic heterocycles. The van der Waals surface area contributed by atoms with Crippen LogP contribution in [0.4, 0.5) is 5.69 Å². The zero-order valence-corrected chi connectivity index (χ0v) is 17.0. The van der Waals surface area contributed by atoms with Gasteiger partial charge in [0.25, 0.3) is 5.91 Å². The van der Waals surface area contributed by atoms with Crippen molar-refractivity contribution in [1.82, 2.24) is 5.32 Å². The topological polar surface area (TPSA) is 75.7 Å². The molecule has 6 nitrogen and oxygen atoms in total. The van der Waals surface area contributed by atoms with Crippen molar-refractivity contribution >= 4 is 39.4 Å². The SMILES string of the molecule is C[C@@H](NC(=O)COC(=O)[C@@H]1CC(=O)N(c2ccc(Br)cc2)C1)c1ccccc1. The van der Waals surface area contributed by atoms with Crippen LogP contribution in [0.15, 0.2) is 59.1 Å². The molecule has 0 saturated carbocycles. The normalized spacial score (nSPS) is 17.3. The molecule has 0 bridgehead atoms. The van der Waals surface area contributed by atoms with Crippen molar-refractivity contribution in [1.29, 1.82) is 0 Å². The largest absolute Gasteiger partial charge is 0.455 e. The number of hydrogen-bond donors (Lipinski definition) is 1. The number of nitrogens with one attached hydrogen (secondary N) is 1. The number of carbonyl (C=O) groups is 3. The Hall–Kier alpha value is -2.67. The Labute approximate surface area is 172 Å². The van der Waals surface area contributed by atoms with Crippen LogP contribution in [0.1, 0.15) is 24.9 Å². The molecule has 3 rings (SSSR count). The minimum absolute atomic E-state index is 0.0803. The fraction of sp³-hybridized carbons (Fsp3) is 0.286. The number of esters is 1. The van der Waals surface area contributed by atoms with Crippen LogP contribution in [0.5, 0.6) is 0 Å². The van der Waals surface area contributed by atoms with Crippen molar-refractivity contribution in [3.05, 3.63) is 64.6 Å². The van der Waals surface area contributed by atoms with Crippen LogP contribution in [0.3, 0.4) is 0 Å². The molecule has 2 amide bonds. The van der Waals surface area contributed by atoms with Gasteiger partial charge < -0.3 is 15.0 Å². The van der Waals surface area contributed by atoms with E-state index in [9.17, 15) is 14.4 Å². The predicted octanol–water partition coefficient (Wildman–Crippen LogP) is 3.22. The summed E-state index contributed by atoms with van der Waals surface area (Å²) in [5, 5.41) is 2.79. The number of benzene rings is 2. The lowest BCUT2D eigenvalue weighted by Gasteiger charge is -2.17. The minimum atomic E-state index is -0.574. The number of anilines is 1. The number of hydrogen-bond acceptors (Lipinski definition) is 4. The van der Waals surface area contributed by atoms with Gasteiger partial charge >= 0.3 is 5.97 Å². The van der Waals surface area contributed by atoms with E-state index in [1.165, 1.54) is 0 Å². The molecular weight excluding hydrogens is 424 g/mol. The summed E-state index contributed by atoms with van der Waals surface area (Å²) in [6.45, 7) is 1.75. The first kappa shape index (κ1) is 20.1. The van der Waals surface area contributed by atoms with Gasteiger partial charge in [0, 0.05) is 23.1 Å². The first-order chi connectivity index (χ1) is 13.4. The van der Waals surface area contributed by atoms with Gasteiger partial charge in [-0.05, 0) is 36.8 Å². The third kappa shape index (κ3) is 4.98. The van der Waals surface area contributed by atoms with Gasteiger partial charge in [0.2, 0.25) is 5.91 Å². The molecule has 1 fully saturated rings. The van der Waals surface area contributed by atoms with E-state index >= 15 is 0 Å². The fourth-order valence-electron chi connectivity index (χ4n) is 3.10. The lowest BCUT2D eigenvalue weighted by atomic mass is 10.1. The van der Waals surface area contributed by atoms with Crippen molar-refractivity contribution < 1.29 is 19.1 Å². The average molecular weight is 445 g/mol. The fourth-order valence-corrected chi connectivity index (χ4v) is 3.36. The Bertz CT molecular complexity index is 854.